The molecule has 1 fully saturated rings. The number of benzene rings is 2. The van der Waals surface area contributed by atoms with Gasteiger partial charge < -0.3 is 9.47 Å². The fourth-order valence-electron chi connectivity index (χ4n) is 3.04. The lowest BCUT2D eigenvalue weighted by Crippen LogP contribution is -2.27. The minimum absolute atomic E-state index is 0.0922. The average Bonchev–Trinajstić information content (AvgIpc) is 2.98. The van der Waals surface area contributed by atoms with Crippen LogP contribution in [0.4, 0.5) is 0 Å². The van der Waals surface area contributed by atoms with Crippen LogP contribution in [0.15, 0.2) is 47.4 Å². The number of amides is 1. The molecule has 1 heterocycles. The van der Waals surface area contributed by atoms with E-state index in [1.165, 1.54) is 17.3 Å². The summed E-state index contributed by atoms with van der Waals surface area (Å²) in [5, 5.41) is 0.569. The Bertz CT molecular complexity index is 997. The van der Waals surface area contributed by atoms with Crippen LogP contribution in [0.5, 0.6) is 11.5 Å². The highest BCUT2D eigenvalue weighted by Gasteiger charge is 2.30. The number of thiocarbonyl (C=S) groups is 1. The normalized spacial score (nSPS) is 15.6. The van der Waals surface area contributed by atoms with Crippen LogP contribution in [-0.4, -0.2) is 34.9 Å². The molecular weight excluding hydrogens is 450 g/mol. The van der Waals surface area contributed by atoms with Crippen LogP contribution < -0.4 is 9.47 Å². The second kappa shape index (κ2) is 10.1. The summed E-state index contributed by atoms with van der Waals surface area (Å²) in [6, 6.07) is 13.5. The fourth-order valence-corrected chi connectivity index (χ4v) is 4.60. The van der Waals surface area contributed by atoms with Gasteiger partial charge in [0.25, 0.3) is 5.91 Å². The van der Waals surface area contributed by atoms with E-state index in [1.807, 2.05) is 19.1 Å². The van der Waals surface area contributed by atoms with E-state index in [0.29, 0.717) is 39.8 Å². The Labute approximate surface area is 198 Å². The second-order valence-corrected chi connectivity index (χ2v) is 10.2. The molecule has 0 radical (unpaired) electrons. The second-order valence-electron chi connectivity index (χ2n) is 8.08. The van der Waals surface area contributed by atoms with Gasteiger partial charge in [-0.3, -0.25) is 9.69 Å². The predicted molar refractivity (Wildman–Crippen MR) is 133 cm³/mol. The van der Waals surface area contributed by atoms with E-state index in [2.05, 4.69) is 32.9 Å². The summed E-state index contributed by atoms with van der Waals surface area (Å²) in [4.78, 5) is 14.6. The van der Waals surface area contributed by atoms with Crippen molar-refractivity contribution in [3.63, 3.8) is 0 Å². The number of thioether (sulfide) groups is 1. The fraction of sp³-hybridized carbons (Fsp3) is 0.333. The van der Waals surface area contributed by atoms with Gasteiger partial charge in [-0.15, -0.1) is 0 Å². The molecule has 0 N–H and O–H groups in total. The minimum atomic E-state index is -0.0922. The number of rotatable bonds is 7. The van der Waals surface area contributed by atoms with Crippen LogP contribution >= 0.6 is 35.6 Å². The first-order chi connectivity index (χ1) is 14.7. The number of hydrogen-bond acceptors (Lipinski definition) is 5. The van der Waals surface area contributed by atoms with Crippen molar-refractivity contribution in [1.82, 2.24) is 4.90 Å². The third-order valence-corrected chi connectivity index (χ3v) is 6.39. The maximum atomic E-state index is 12.5. The summed E-state index contributed by atoms with van der Waals surface area (Å²) >= 11 is 12.7. The van der Waals surface area contributed by atoms with Gasteiger partial charge in [0.05, 0.1) is 4.91 Å². The van der Waals surface area contributed by atoms with Crippen LogP contribution in [0.25, 0.3) is 6.08 Å². The maximum Gasteiger partial charge on any atom is 0.266 e. The standard InChI is InChI=1S/C24H26ClNO3S2/c1-5-26-22(27)21(31-23(26)30)15-16-14-18(25)8-11-20(16)29-13-12-28-19-9-6-17(7-10-19)24(2,3)4/h6-11,14-15H,5,12-13H2,1-4H3/b21-15-. The molecular formula is C24H26ClNO3S2. The van der Waals surface area contributed by atoms with Crippen molar-refractivity contribution in [2.24, 2.45) is 0 Å². The highest BCUT2D eigenvalue weighted by molar-refractivity contribution is 8.26. The lowest BCUT2D eigenvalue weighted by Gasteiger charge is -2.19. The number of halogens is 1. The third kappa shape index (κ3) is 6.03. The van der Waals surface area contributed by atoms with E-state index in [9.17, 15) is 4.79 Å². The molecule has 0 spiro atoms. The monoisotopic (exact) mass is 475 g/mol. The van der Waals surface area contributed by atoms with Gasteiger partial charge in [-0.05, 0) is 54.3 Å². The van der Waals surface area contributed by atoms with Crippen LogP contribution in [0.3, 0.4) is 0 Å². The molecule has 2 aromatic carbocycles. The smallest absolute Gasteiger partial charge is 0.266 e. The summed E-state index contributed by atoms with van der Waals surface area (Å²) in [7, 11) is 0. The summed E-state index contributed by atoms with van der Waals surface area (Å²) in [5.41, 5.74) is 2.10. The Morgan fingerprint density at radius 3 is 2.39 bits per heavy atom. The van der Waals surface area contributed by atoms with Gasteiger partial charge in [0, 0.05) is 17.1 Å². The van der Waals surface area contributed by atoms with Crippen molar-refractivity contribution < 1.29 is 14.3 Å². The molecule has 1 saturated heterocycles. The first-order valence-electron chi connectivity index (χ1n) is 10.1. The average molecular weight is 476 g/mol. The molecule has 164 valence electrons. The Kier molecular flexibility index (Phi) is 7.68. The lowest BCUT2D eigenvalue weighted by atomic mass is 9.87. The van der Waals surface area contributed by atoms with Crippen molar-refractivity contribution in [2.75, 3.05) is 19.8 Å². The van der Waals surface area contributed by atoms with Crippen LogP contribution in [0.1, 0.15) is 38.8 Å². The number of ether oxygens (including phenoxy) is 2. The minimum Gasteiger partial charge on any atom is -0.490 e. The van der Waals surface area contributed by atoms with Crippen molar-refractivity contribution >= 4 is 51.9 Å². The van der Waals surface area contributed by atoms with Gasteiger partial charge in [-0.25, -0.2) is 0 Å². The molecule has 4 nitrogen and oxygen atoms in total. The zero-order chi connectivity index (χ0) is 22.6. The van der Waals surface area contributed by atoms with E-state index < -0.39 is 0 Å². The van der Waals surface area contributed by atoms with E-state index in [-0.39, 0.29) is 11.3 Å². The van der Waals surface area contributed by atoms with Crippen LogP contribution in [-0.2, 0) is 10.2 Å². The lowest BCUT2D eigenvalue weighted by molar-refractivity contribution is -0.121. The van der Waals surface area contributed by atoms with Crippen molar-refractivity contribution in [3.05, 3.63) is 63.5 Å². The molecule has 3 rings (SSSR count). The van der Waals surface area contributed by atoms with Gasteiger partial charge in [0.2, 0.25) is 0 Å². The molecule has 0 unspecified atom stereocenters. The molecule has 0 atom stereocenters. The summed E-state index contributed by atoms with van der Waals surface area (Å²) < 4.78 is 12.3. The van der Waals surface area contributed by atoms with Crippen molar-refractivity contribution in [1.29, 1.82) is 0 Å². The molecule has 1 aliphatic heterocycles. The Balaban J connectivity index is 1.63. The van der Waals surface area contributed by atoms with E-state index in [0.717, 1.165) is 11.3 Å². The molecule has 0 saturated carbocycles. The molecule has 1 amide bonds. The molecule has 1 aliphatic rings. The van der Waals surface area contributed by atoms with Gasteiger partial charge in [0.1, 0.15) is 29.0 Å². The number of carbonyl (C=O) groups is 1. The van der Waals surface area contributed by atoms with E-state index in [4.69, 9.17) is 33.3 Å². The maximum absolute atomic E-state index is 12.5. The number of carbonyl (C=O) groups excluding carboxylic acids is 1. The molecule has 2 aromatic rings. The topological polar surface area (TPSA) is 38.8 Å². The summed E-state index contributed by atoms with van der Waals surface area (Å²) in [5.74, 6) is 1.35. The van der Waals surface area contributed by atoms with Crippen molar-refractivity contribution in [2.45, 2.75) is 33.1 Å². The molecule has 0 aliphatic carbocycles. The van der Waals surface area contributed by atoms with Gasteiger partial charge in [-0.1, -0.05) is 68.5 Å². The highest BCUT2D eigenvalue weighted by atomic mass is 35.5. The Hall–Kier alpha value is -2.02. The summed E-state index contributed by atoms with van der Waals surface area (Å²) in [6.45, 7) is 9.75. The quantitative estimate of drug-likeness (QED) is 0.266. The molecule has 0 aromatic heterocycles. The van der Waals surface area contributed by atoms with Crippen molar-refractivity contribution in [3.8, 4) is 11.5 Å². The SMILES string of the molecule is CCN1C(=O)/C(=C/c2cc(Cl)ccc2OCCOc2ccc(C(C)(C)C)cc2)SC1=S. The number of hydrogen-bond donors (Lipinski definition) is 0. The summed E-state index contributed by atoms with van der Waals surface area (Å²) in [6.07, 6.45) is 1.78. The first-order valence-corrected chi connectivity index (χ1v) is 11.7. The number of likely N-dealkylation sites (N-methyl/N-ethyl adjacent to an activating group) is 1. The molecule has 0 bridgehead atoms. The first kappa shape index (κ1) is 23.6. The number of nitrogens with zero attached hydrogens (tertiary/aromatic N) is 1. The Morgan fingerprint density at radius 2 is 1.77 bits per heavy atom. The largest absolute Gasteiger partial charge is 0.490 e. The zero-order valence-corrected chi connectivity index (χ0v) is 20.5. The van der Waals surface area contributed by atoms with Gasteiger partial charge in [-0.2, -0.15) is 0 Å². The Morgan fingerprint density at radius 1 is 1.10 bits per heavy atom. The predicted octanol–water partition coefficient (Wildman–Crippen LogP) is 6.32. The third-order valence-electron chi connectivity index (χ3n) is 4.78. The van der Waals surface area contributed by atoms with Crippen LogP contribution in [0, 0.1) is 0 Å². The zero-order valence-electron chi connectivity index (χ0n) is 18.1. The molecule has 7 heteroatoms. The van der Waals surface area contributed by atoms with Gasteiger partial charge in [0.15, 0.2) is 0 Å². The van der Waals surface area contributed by atoms with E-state index in [1.54, 1.807) is 29.2 Å². The van der Waals surface area contributed by atoms with E-state index >= 15 is 0 Å². The van der Waals surface area contributed by atoms with Gasteiger partial charge >= 0.3 is 0 Å². The highest BCUT2D eigenvalue weighted by Crippen LogP contribution is 2.35. The van der Waals surface area contributed by atoms with Crippen LogP contribution in [0.2, 0.25) is 5.02 Å². The molecule has 31 heavy (non-hydrogen) atoms.